The molecule has 0 saturated heterocycles. The minimum Gasteiger partial charge on any atom is -0.308 e. The number of rotatable bonds is 7. The number of likely N-dealkylation sites (N-methyl/N-ethyl adjacent to an activating group) is 1. The molecule has 1 heterocycles. The summed E-state index contributed by atoms with van der Waals surface area (Å²) in [4.78, 5) is 2.13. The maximum Gasteiger partial charge on any atom is 0.0834 e. The average molecular weight is 272 g/mol. The zero-order valence-corrected chi connectivity index (χ0v) is 11.8. The lowest BCUT2D eigenvalue weighted by molar-refractivity contribution is 0.358. The summed E-state index contributed by atoms with van der Waals surface area (Å²) in [5.41, 5.74) is 3.91. The SMILES string of the molecule is CN(C)CCn1ncc(Cl)c1C(CC1CC1)NN. The van der Waals surface area contributed by atoms with Gasteiger partial charge in [-0.3, -0.25) is 16.0 Å². The summed E-state index contributed by atoms with van der Waals surface area (Å²) >= 11 is 6.25. The molecule has 5 nitrogen and oxygen atoms in total. The number of hydrogen-bond donors (Lipinski definition) is 2. The first-order chi connectivity index (χ1) is 8.61. The van der Waals surface area contributed by atoms with Crippen molar-refractivity contribution in [1.29, 1.82) is 0 Å². The van der Waals surface area contributed by atoms with E-state index < -0.39 is 0 Å². The van der Waals surface area contributed by atoms with Crippen molar-refractivity contribution in [3.05, 3.63) is 16.9 Å². The molecule has 0 radical (unpaired) electrons. The Morgan fingerprint density at radius 1 is 1.61 bits per heavy atom. The zero-order valence-electron chi connectivity index (χ0n) is 11.1. The third-order valence-electron chi connectivity index (χ3n) is 3.39. The smallest absolute Gasteiger partial charge is 0.0834 e. The van der Waals surface area contributed by atoms with Gasteiger partial charge in [-0.05, 0) is 26.4 Å². The molecule has 102 valence electrons. The van der Waals surface area contributed by atoms with Gasteiger partial charge in [-0.15, -0.1) is 0 Å². The molecule has 1 aliphatic rings. The van der Waals surface area contributed by atoms with Gasteiger partial charge in [-0.1, -0.05) is 24.4 Å². The number of hydrogen-bond acceptors (Lipinski definition) is 4. The van der Waals surface area contributed by atoms with Crippen LogP contribution in [0.2, 0.25) is 5.02 Å². The lowest BCUT2D eigenvalue weighted by atomic mass is 10.1. The van der Waals surface area contributed by atoms with E-state index in [9.17, 15) is 0 Å². The van der Waals surface area contributed by atoms with Crippen molar-refractivity contribution in [3.8, 4) is 0 Å². The Kier molecular flexibility index (Phi) is 4.61. The summed E-state index contributed by atoms with van der Waals surface area (Å²) in [6.45, 7) is 1.77. The van der Waals surface area contributed by atoms with E-state index in [4.69, 9.17) is 17.4 Å². The number of aromatic nitrogens is 2. The summed E-state index contributed by atoms with van der Waals surface area (Å²) < 4.78 is 1.97. The van der Waals surface area contributed by atoms with Gasteiger partial charge in [0.2, 0.25) is 0 Å². The molecule has 0 amide bonds. The number of hydrazine groups is 1. The molecule has 3 N–H and O–H groups in total. The first-order valence-electron chi connectivity index (χ1n) is 6.44. The van der Waals surface area contributed by atoms with Crippen LogP contribution in [-0.2, 0) is 6.54 Å². The van der Waals surface area contributed by atoms with Crippen molar-refractivity contribution < 1.29 is 0 Å². The zero-order chi connectivity index (χ0) is 13.1. The fraction of sp³-hybridized carbons (Fsp3) is 0.750. The molecule has 0 bridgehead atoms. The molecule has 1 saturated carbocycles. The molecule has 2 rings (SSSR count). The highest BCUT2D eigenvalue weighted by molar-refractivity contribution is 6.31. The van der Waals surface area contributed by atoms with E-state index in [0.717, 1.165) is 31.1 Å². The first-order valence-corrected chi connectivity index (χ1v) is 6.81. The van der Waals surface area contributed by atoms with Crippen molar-refractivity contribution in [2.75, 3.05) is 20.6 Å². The van der Waals surface area contributed by atoms with Crippen LogP contribution in [0.5, 0.6) is 0 Å². The molecular formula is C12H22ClN5. The van der Waals surface area contributed by atoms with Crippen molar-refractivity contribution in [2.45, 2.75) is 31.8 Å². The molecule has 18 heavy (non-hydrogen) atoms. The molecule has 6 heteroatoms. The van der Waals surface area contributed by atoms with Crippen LogP contribution in [0.4, 0.5) is 0 Å². The third kappa shape index (κ3) is 3.45. The lowest BCUT2D eigenvalue weighted by Crippen LogP contribution is -2.31. The van der Waals surface area contributed by atoms with Crippen LogP contribution in [0.25, 0.3) is 0 Å². The number of nitrogens with one attached hydrogen (secondary N) is 1. The molecule has 1 aliphatic carbocycles. The highest BCUT2D eigenvalue weighted by Gasteiger charge is 2.28. The fourth-order valence-corrected chi connectivity index (χ4v) is 2.41. The van der Waals surface area contributed by atoms with E-state index in [-0.39, 0.29) is 6.04 Å². The maximum absolute atomic E-state index is 6.25. The standard InChI is InChI=1S/C12H22ClN5/c1-17(2)5-6-18-12(10(13)8-15-18)11(16-14)7-9-3-4-9/h8-9,11,16H,3-7,14H2,1-2H3. The Labute approximate surface area is 113 Å². The second kappa shape index (κ2) is 6.02. The van der Waals surface area contributed by atoms with Gasteiger partial charge < -0.3 is 4.90 Å². The lowest BCUT2D eigenvalue weighted by Gasteiger charge is -2.19. The maximum atomic E-state index is 6.25. The highest BCUT2D eigenvalue weighted by Crippen LogP contribution is 2.38. The van der Waals surface area contributed by atoms with Crippen molar-refractivity contribution in [2.24, 2.45) is 11.8 Å². The molecule has 0 aliphatic heterocycles. The van der Waals surface area contributed by atoms with E-state index in [1.807, 2.05) is 18.8 Å². The molecular weight excluding hydrogens is 250 g/mol. The van der Waals surface area contributed by atoms with Gasteiger partial charge in [0.25, 0.3) is 0 Å². The summed E-state index contributed by atoms with van der Waals surface area (Å²) in [7, 11) is 4.10. The summed E-state index contributed by atoms with van der Waals surface area (Å²) in [5, 5.41) is 5.05. The van der Waals surface area contributed by atoms with Crippen LogP contribution in [-0.4, -0.2) is 35.3 Å². The van der Waals surface area contributed by atoms with Gasteiger partial charge >= 0.3 is 0 Å². The molecule has 1 unspecified atom stereocenters. The molecule has 1 aromatic heterocycles. The van der Waals surface area contributed by atoms with E-state index in [0.29, 0.717) is 5.02 Å². The largest absolute Gasteiger partial charge is 0.308 e. The molecule has 1 fully saturated rings. The summed E-state index contributed by atoms with van der Waals surface area (Å²) in [6.07, 6.45) is 5.37. The van der Waals surface area contributed by atoms with Crippen LogP contribution in [0.1, 0.15) is 31.0 Å². The van der Waals surface area contributed by atoms with E-state index in [1.165, 1.54) is 12.8 Å². The topological polar surface area (TPSA) is 59.1 Å². The Balaban J connectivity index is 2.09. The second-order valence-electron chi connectivity index (χ2n) is 5.30. The van der Waals surface area contributed by atoms with Crippen LogP contribution in [0.15, 0.2) is 6.20 Å². The molecule has 1 atom stereocenters. The van der Waals surface area contributed by atoms with Crippen LogP contribution < -0.4 is 11.3 Å². The van der Waals surface area contributed by atoms with Crippen LogP contribution >= 0.6 is 11.6 Å². The Morgan fingerprint density at radius 3 is 2.89 bits per heavy atom. The van der Waals surface area contributed by atoms with Crippen LogP contribution in [0.3, 0.4) is 0 Å². The monoisotopic (exact) mass is 271 g/mol. The van der Waals surface area contributed by atoms with Crippen molar-refractivity contribution in [1.82, 2.24) is 20.1 Å². The predicted molar refractivity (Wildman–Crippen MR) is 73.2 cm³/mol. The fourth-order valence-electron chi connectivity index (χ4n) is 2.14. The van der Waals surface area contributed by atoms with Gasteiger partial charge in [0.1, 0.15) is 0 Å². The first kappa shape index (κ1) is 13.8. The van der Waals surface area contributed by atoms with Gasteiger partial charge in [0.05, 0.1) is 29.5 Å². The summed E-state index contributed by atoms with van der Waals surface area (Å²) in [6, 6.07) is 0.106. The summed E-state index contributed by atoms with van der Waals surface area (Å²) in [5.74, 6) is 6.46. The normalized spacial score (nSPS) is 17.4. The van der Waals surface area contributed by atoms with Gasteiger partial charge in [0.15, 0.2) is 0 Å². The van der Waals surface area contributed by atoms with Crippen LogP contribution in [0, 0.1) is 5.92 Å². The van der Waals surface area contributed by atoms with Crippen molar-refractivity contribution >= 4 is 11.6 Å². The van der Waals surface area contributed by atoms with E-state index in [2.05, 4.69) is 15.4 Å². The minimum atomic E-state index is 0.106. The number of nitrogens with two attached hydrogens (primary N) is 1. The Hall–Kier alpha value is -0.620. The Bertz CT molecular complexity index is 386. The predicted octanol–water partition coefficient (Wildman–Crippen LogP) is 1.40. The molecule has 1 aromatic rings. The molecule has 0 spiro atoms. The van der Waals surface area contributed by atoms with Gasteiger partial charge in [0, 0.05) is 6.54 Å². The highest BCUT2D eigenvalue weighted by atomic mass is 35.5. The quantitative estimate of drug-likeness (QED) is 0.581. The van der Waals surface area contributed by atoms with Gasteiger partial charge in [-0.2, -0.15) is 5.10 Å². The minimum absolute atomic E-state index is 0.106. The average Bonchev–Trinajstić information content (AvgIpc) is 3.07. The Morgan fingerprint density at radius 2 is 2.33 bits per heavy atom. The molecule has 0 aromatic carbocycles. The van der Waals surface area contributed by atoms with Crippen molar-refractivity contribution in [3.63, 3.8) is 0 Å². The van der Waals surface area contributed by atoms with E-state index >= 15 is 0 Å². The second-order valence-corrected chi connectivity index (χ2v) is 5.71. The van der Waals surface area contributed by atoms with Gasteiger partial charge in [-0.25, -0.2) is 0 Å². The van der Waals surface area contributed by atoms with E-state index in [1.54, 1.807) is 6.20 Å². The number of nitrogens with zero attached hydrogens (tertiary/aromatic N) is 3. The third-order valence-corrected chi connectivity index (χ3v) is 3.68. The number of halogens is 1.